The van der Waals surface area contributed by atoms with Crippen LogP contribution in [0.5, 0.6) is 5.75 Å². The van der Waals surface area contributed by atoms with Crippen LogP contribution in [0.4, 0.5) is 0 Å². The lowest BCUT2D eigenvalue weighted by atomic mass is 9.52. The van der Waals surface area contributed by atoms with Crippen molar-refractivity contribution >= 4 is 5.71 Å². The van der Waals surface area contributed by atoms with Gasteiger partial charge in [-0.25, -0.2) is 0 Å². The molecule has 0 bridgehead atoms. The first-order valence-electron chi connectivity index (χ1n) is 10.3. The minimum atomic E-state index is -1.68. The van der Waals surface area contributed by atoms with E-state index in [1.54, 1.807) is 7.11 Å². The first kappa shape index (κ1) is 20.4. The molecule has 4 rings (SSSR count). The number of hydrogen-bond acceptors (Lipinski definition) is 5. The third kappa shape index (κ3) is 3.18. The smallest absolute Gasteiger partial charge is 0.189 e. The molecule has 4 atom stereocenters. The lowest BCUT2D eigenvalue weighted by Gasteiger charge is -2.47. The Labute approximate surface area is 182 Å². The van der Waals surface area contributed by atoms with Gasteiger partial charge in [-0.15, -0.1) is 0 Å². The molecule has 0 spiro atoms. The molecule has 0 radical (unpaired) electrons. The molecule has 1 N–H and O–H groups in total. The topological polar surface area (TPSA) is 104 Å². The Bertz CT molecular complexity index is 1130. The second kappa shape index (κ2) is 8.10. The van der Waals surface area contributed by atoms with E-state index in [0.29, 0.717) is 5.75 Å². The highest BCUT2D eigenvalue weighted by molar-refractivity contribution is 6.00. The van der Waals surface area contributed by atoms with Crippen molar-refractivity contribution in [3.05, 3.63) is 77.4 Å². The summed E-state index contributed by atoms with van der Waals surface area (Å²) < 4.78 is 5.27. The molecule has 2 aromatic rings. The number of nitriles is 3. The maximum atomic E-state index is 10.2. The Kier molecular flexibility index (Phi) is 5.33. The summed E-state index contributed by atoms with van der Waals surface area (Å²) in [6.07, 6.45) is 3.58. The summed E-state index contributed by atoms with van der Waals surface area (Å²) in [5.41, 5.74) is 1.10. The summed E-state index contributed by atoms with van der Waals surface area (Å²) in [6.45, 7) is 0. The fourth-order valence-corrected chi connectivity index (χ4v) is 5.21. The molecule has 2 aliphatic carbocycles. The van der Waals surface area contributed by atoms with Crippen LogP contribution < -0.4 is 4.74 Å². The molecule has 0 aromatic heterocycles. The average molecular weight is 406 g/mol. The van der Waals surface area contributed by atoms with E-state index >= 15 is 0 Å². The maximum Gasteiger partial charge on any atom is 0.189 e. The monoisotopic (exact) mass is 406 g/mol. The number of ether oxygens (including phenoxy) is 1. The van der Waals surface area contributed by atoms with Crippen LogP contribution in [0.1, 0.15) is 35.8 Å². The Balaban J connectivity index is 1.88. The summed E-state index contributed by atoms with van der Waals surface area (Å²) in [4.78, 5) is 0. The number of allylic oxidation sites excluding steroid dienone is 2. The van der Waals surface area contributed by atoms with E-state index in [1.165, 1.54) is 5.56 Å². The lowest BCUT2D eigenvalue weighted by Crippen LogP contribution is -2.49. The first-order chi connectivity index (χ1) is 15.1. The van der Waals surface area contributed by atoms with Gasteiger partial charge < -0.3 is 10.1 Å². The van der Waals surface area contributed by atoms with E-state index in [0.717, 1.165) is 24.0 Å². The van der Waals surface area contributed by atoms with Crippen LogP contribution in [0.25, 0.3) is 0 Å². The van der Waals surface area contributed by atoms with E-state index < -0.39 is 17.3 Å². The van der Waals surface area contributed by atoms with Gasteiger partial charge in [-0.05, 0) is 53.5 Å². The molecule has 0 saturated heterocycles. The van der Waals surface area contributed by atoms with Gasteiger partial charge in [0.15, 0.2) is 5.41 Å². The van der Waals surface area contributed by atoms with Gasteiger partial charge >= 0.3 is 0 Å². The van der Waals surface area contributed by atoms with Gasteiger partial charge in [0.25, 0.3) is 0 Å². The molecule has 1 saturated carbocycles. The van der Waals surface area contributed by atoms with E-state index in [4.69, 9.17) is 10.1 Å². The zero-order valence-corrected chi connectivity index (χ0v) is 17.2. The highest BCUT2D eigenvalue weighted by Gasteiger charge is 2.57. The standard InChI is InChI=1S/C26H22N4O/c1-31-20-10-7-18(8-11-20)24-22-13-19(17-5-3-2-4-6-17)9-12-21(22)23(14-27)25(30)26(24,15-28)16-29/h2-8,10-12,19,22-24,30H,9,13H2,1H3/t19-,22-,23-,24+/m1/s1. The quantitative estimate of drug-likeness (QED) is 0.715. The van der Waals surface area contributed by atoms with E-state index in [1.807, 2.05) is 42.5 Å². The largest absolute Gasteiger partial charge is 0.497 e. The predicted octanol–water partition coefficient (Wildman–Crippen LogP) is 5.11. The molecule has 152 valence electrons. The summed E-state index contributed by atoms with van der Waals surface area (Å²) in [7, 11) is 1.59. The average Bonchev–Trinajstić information content (AvgIpc) is 2.84. The summed E-state index contributed by atoms with van der Waals surface area (Å²) in [5.74, 6) is -0.618. The van der Waals surface area contributed by atoms with Gasteiger partial charge in [-0.3, -0.25) is 0 Å². The van der Waals surface area contributed by atoms with Crippen LogP contribution in [-0.4, -0.2) is 12.8 Å². The Morgan fingerprint density at radius 3 is 2.23 bits per heavy atom. The third-order valence-electron chi connectivity index (χ3n) is 6.75. The number of nitrogens with one attached hydrogen (secondary N) is 1. The van der Waals surface area contributed by atoms with Crippen LogP contribution in [0.15, 0.2) is 66.2 Å². The second-order valence-electron chi connectivity index (χ2n) is 8.15. The molecule has 2 aliphatic rings. The van der Waals surface area contributed by atoms with Crippen LogP contribution in [0.2, 0.25) is 0 Å². The van der Waals surface area contributed by atoms with E-state index in [9.17, 15) is 15.8 Å². The van der Waals surface area contributed by atoms with E-state index in [-0.39, 0.29) is 17.5 Å². The summed E-state index contributed by atoms with van der Waals surface area (Å²) in [6, 6.07) is 24.1. The van der Waals surface area contributed by atoms with Crippen molar-refractivity contribution in [3.8, 4) is 24.0 Å². The van der Waals surface area contributed by atoms with Crippen LogP contribution in [0, 0.1) is 56.7 Å². The number of benzene rings is 2. The molecule has 0 heterocycles. The minimum absolute atomic E-state index is 0.110. The van der Waals surface area contributed by atoms with Gasteiger partial charge in [0.2, 0.25) is 0 Å². The van der Waals surface area contributed by atoms with Gasteiger partial charge in [0.1, 0.15) is 11.7 Å². The van der Waals surface area contributed by atoms with Gasteiger partial charge in [-0.2, -0.15) is 15.8 Å². The summed E-state index contributed by atoms with van der Waals surface area (Å²) in [5, 5.41) is 38.9. The molecule has 1 fully saturated rings. The Morgan fingerprint density at radius 1 is 0.968 bits per heavy atom. The van der Waals surface area contributed by atoms with Crippen molar-refractivity contribution in [3.63, 3.8) is 0 Å². The SMILES string of the molecule is COc1ccc([C@H]2[C@@H]3C[C@H](c4ccccc4)CC=C3[C@@H](C#N)C(=N)C2(C#N)C#N)cc1. The number of hydrogen-bond donors (Lipinski definition) is 1. The zero-order chi connectivity index (χ0) is 22.0. The number of rotatable bonds is 3. The summed E-state index contributed by atoms with van der Waals surface area (Å²) >= 11 is 0. The third-order valence-corrected chi connectivity index (χ3v) is 6.75. The van der Waals surface area contributed by atoms with Crippen molar-refractivity contribution in [2.45, 2.75) is 24.7 Å². The van der Waals surface area contributed by atoms with Crippen molar-refractivity contribution in [2.24, 2.45) is 17.3 Å². The van der Waals surface area contributed by atoms with Crippen LogP contribution >= 0.6 is 0 Å². The van der Waals surface area contributed by atoms with Crippen LogP contribution in [-0.2, 0) is 0 Å². The van der Waals surface area contributed by atoms with Crippen molar-refractivity contribution in [1.82, 2.24) is 0 Å². The normalized spacial score (nSPS) is 26.4. The Morgan fingerprint density at radius 2 is 1.65 bits per heavy atom. The molecule has 31 heavy (non-hydrogen) atoms. The molecule has 0 unspecified atom stereocenters. The highest BCUT2D eigenvalue weighted by atomic mass is 16.5. The Hall–Kier alpha value is -3.88. The highest BCUT2D eigenvalue weighted by Crippen LogP contribution is 2.57. The fraction of sp³-hybridized carbons (Fsp3) is 0.308. The predicted molar refractivity (Wildman–Crippen MR) is 116 cm³/mol. The van der Waals surface area contributed by atoms with Gasteiger partial charge in [-0.1, -0.05) is 48.5 Å². The molecular weight excluding hydrogens is 384 g/mol. The molecule has 0 aliphatic heterocycles. The number of fused-ring (bicyclic) bond motifs is 1. The van der Waals surface area contributed by atoms with Crippen molar-refractivity contribution in [2.75, 3.05) is 7.11 Å². The van der Waals surface area contributed by atoms with Crippen molar-refractivity contribution < 1.29 is 4.74 Å². The van der Waals surface area contributed by atoms with Gasteiger partial charge in [0.05, 0.1) is 31.0 Å². The second-order valence-corrected chi connectivity index (χ2v) is 8.15. The number of methoxy groups -OCH3 is 1. The molecule has 5 heteroatoms. The van der Waals surface area contributed by atoms with E-state index in [2.05, 4.69) is 36.4 Å². The molecule has 2 aromatic carbocycles. The maximum absolute atomic E-state index is 10.2. The van der Waals surface area contributed by atoms with Crippen molar-refractivity contribution in [1.29, 1.82) is 21.2 Å². The zero-order valence-electron chi connectivity index (χ0n) is 17.2. The molecular formula is C26H22N4O. The lowest BCUT2D eigenvalue weighted by molar-refractivity contribution is 0.304. The number of nitrogens with zero attached hydrogens (tertiary/aromatic N) is 3. The fourth-order valence-electron chi connectivity index (χ4n) is 5.21. The molecule has 5 nitrogen and oxygen atoms in total. The molecule has 0 amide bonds. The van der Waals surface area contributed by atoms with Crippen LogP contribution in [0.3, 0.4) is 0 Å². The first-order valence-corrected chi connectivity index (χ1v) is 10.3. The minimum Gasteiger partial charge on any atom is -0.497 e. The van der Waals surface area contributed by atoms with Gasteiger partial charge in [0, 0.05) is 5.92 Å².